The van der Waals surface area contributed by atoms with Gasteiger partial charge < -0.3 is 15.3 Å². The molecule has 0 aliphatic carbocycles. The van der Waals surface area contributed by atoms with Gasteiger partial charge in [0.15, 0.2) is 0 Å². The summed E-state index contributed by atoms with van der Waals surface area (Å²) >= 11 is 1.35. The molecule has 0 radical (unpaired) electrons. The molecular formula is C14H20N2O3S. The second-order valence-electron chi connectivity index (χ2n) is 5.14. The first-order valence-corrected chi connectivity index (χ1v) is 7.73. The van der Waals surface area contributed by atoms with Gasteiger partial charge >= 0.3 is 0 Å². The zero-order valence-corrected chi connectivity index (χ0v) is 12.4. The minimum absolute atomic E-state index is 0.0171. The molecule has 0 saturated carbocycles. The third kappa shape index (κ3) is 3.80. The first-order valence-electron chi connectivity index (χ1n) is 6.85. The van der Waals surface area contributed by atoms with Crippen LogP contribution >= 0.6 is 11.3 Å². The average molecular weight is 296 g/mol. The molecular weight excluding hydrogens is 276 g/mol. The number of nitrogens with zero attached hydrogens (tertiary/aromatic N) is 1. The first kappa shape index (κ1) is 15.0. The van der Waals surface area contributed by atoms with Gasteiger partial charge in [-0.2, -0.15) is 0 Å². The zero-order chi connectivity index (χ0) is 14.5. The Bertz CT molecular complexity index is 459. The van der Waals surface area contributed by atoms with E-state index in [1.807, 2.05) is 5.38 Å². The van der Waals surface area contributed by atoms with Crippen molar-refractivity contribution < 1.29 is 14.7 Å². The van der Waals surface area contributed by atoms with E-state index in [0.29, 0.717) is 18.0 Å². The summed E-state index contributed by atoms with van der Waals surface area (Å²) in [6.07, 6.45) is 1.45. The normalized spacial score (nSPS) is 20.5. The number of rotatable bonds is 4. The number of nitrogens with one attached hydrogen (secondary N) is 1. The molecule has 20 heavy (non-hydrogen) atoms. The molecule has 0 bridgehead atoms. The predicted molar refractivity (Wildman–Crippen MR) is 77.6 cm³/mol. The Morgan fingerprint density at radius 1 is 1.60 bits per heavy atom. The van der Waals surface area contributed by atoms with E-state index in [1.54, 1.807) is 24.0 Å². The summed E-state index contributed by atoms with van der Waals surface area (Å²) in [6.45, 7) is 3.06. The number of hydrogen-bond acceptors (Lipinski definition) is 4. The number of hydrogen-bond donors (Lipinski definition) is 2. The molecule has 6 heteroatoms. The van der Waals surface area contributed by atoms with Gasteiger partial charge in [0.2, 0.25) is 5.91 Å². The number of carbonyl (C=O) groups is 2. The van der Waals surface area contributed by atoms with Crippen LogP contribution in [-0.4, -0.2) is 47.6 Å². The first-order chi connectivity index (χ1) is 9.58. The van der Waals surface area contributed by atoms with E-state index in [1.165, 1.54) is 11.3 Å². The van der Waals surface area contributed by atoms with Crippen molar-refractivity contribution in [3.05, 3.63) is 22.4 Å². The van der Waals surface area contributed by atoms with Crippen molar-refractivity contribution in [2.45, 2.75) is 25.9 Å². The SMILES string of the molecule is CC(O)C1CCCN(C(=O)CNC(=O)c2cccs2)C1. The molecule has 2 heterocycles. The van der Waals surface area contributed by atoms with Gasteiger partial charge in [-0.1, -0.05) is 6.07 Å². The lowest BCUT2D eigenvalue weighted by Crippen LogP contribution is -2.46. The lowest BCUT2D eigenvalue weighted by Gasteiger charge is -2.34. The monoisotopic (exact) mass is 296 g/mol. The molecule has 2 atom stereocenters. The smallest absolute Gasteiger partial charge is 0.261 e. The molecule has 110 valence electrons. The van der Waals surface area contributed by atoms with Gasteiger partial charge in [-0.15, -0.1) is 11.3 Å². The molecule has 2 N–H and O–H groups in total. The third-order valence-electron chi connectivity index (χ3n) is 3.64. The van der Waals surface area contributed by atoms with E-state index in [4.69, 9.17) is 0 Å². The van der Waals surface area contributed by atoms with Gasteiger partial charge in [0.05, 0.1) is 17.5 Å². The van der Waals surface area contributed by atoms with Gasteiger partial charge in [-0.3, -0.25) is 9.59 Å². The van der Waals surface area contributed by atoms with Gasteiger partial charge in [-0.25, -0.2) is 0 Å². The molecule has 1 fully saturated rings. The van der Waals surface area contributed by atoms with Gasteiger partial charge in [0.25, 0.3) is 5.91 Å². The topological polar surface area (TPSA) is 69.6 Å². The number of aliphatic hydroxyl groups is 1. The summed E-state index contributed by atoms with van der Waals surface area (Å²) < 4.78 is 0. The van der Waals surface area contributed by atoms with E-state index in [2.05, 4.69) is 5.32 Å². The number of likely N-dealkylation sites (tertiary alicyclic amines) is 1. The highest BCUT2D eigenvalue weighted by molar-refractivity contribution is 7.12. The van der Waals surface area contributed by atoms with Crippen molar-refractivity contribution in [3.63, 3.8) is 0 Å². The van der Waals surface area contributed by atoms with Crippen molar-refractivity contribution in [2.75, 3.05) is 19.6 Å². The number of amides is 2. The van der Waals surface area contributed by atoms with Gasteiger partial charge in [-0.05, 0) is 31.2 Å². The fourth-order valence-corrected chi connectivity index (χ4v) is 3.03. The number of aliphatic hydroxyl groups excluding tert-OH is 1. The van der Waals surface area contributed by atoms with Crippen molar-refractivity contribution in [1.82, 2.24) is 10.2 Å². The molecule has 5 nitrogen and oxygen atoms in total. The lowest BCUT2D eigenvalue weighted by atomic mass is 9.93. The average Bonchev–Trinajstić information content (AvgIpc) is 2.98. The van der Waals surface area contributed by atoms with Crippen LogP contribution in [0.4, 0.5) is 0 Å². The molecule has 1 aromatic rings. The van der Waals surface area contributed by atoms with Crippen LogP contribution in [0, 0.1) is 5.92 Å². The third-order valence-corrected chi connectivity index (χ3v) is 4.51. The second kappa shape index (κ2) is 6.85. The van der Waals surface area contributed by atoms with Gasteiger partial charge in [0, 0.05) is 19.0 Å². The van der Waals surface area contributed by atoms with Crippen molar-refractivity contribution in [2.24, 2.45) is 5.92 Å². The summed E-state index contributed by atoms with van der Waals surface area (Å²) in [6, 6.07) is 3.54. The zero-order valence-electron chi connectivity index (χ0n) is 11.5. The summed E-state index contributed by atoms with van der Waals surface area (Å²) in [7, 11) is 0. The number of piperidine rings is 1. The molecule has 1 aliphatic rings. The van der Waals surface area contributed by atoms with Crippen molar-refractivity contribution in [1.29, 1.82) is 0 Å². The van der Waals surface area contributed by atoms with Crippen LogP contribution in [0.15, 0.2) is 17.5 Å². The molecule has 1 aromatic heterocycles. The Morgan fingerprint density at radius 3 is 3.05 bits per heavy atom. The van der Waals surface area contributed by atoms with Crippen LogP contribution < -0.4 is 5.32 Å². The molecule has 0 aromatic carbocycles. The number of carbonyl (C=O) groups excluding carboxylic acids is 2. The maximum absolute atomic E-state index is 12.1. The van der Waals surface area contributed by atoms with E-state index in [9.17, 15) is 14.7 Å². The Balaban J connectivity index is 1.81. The van der Waals surface area contributed by atoms with Crippen LogP contribution in [0.25, 0.3) is 0 Å². The molecule has 2 rings (SSSR count). The van der Waals surface area contributed by atoms with E-state index in [0.717, 1.165) is 12.8 Å². The molecule has 1 saturated heterocycles. The van der Waals surface area contributed by atoms with E-state index < -0.39 is 6.10 Å². The van der Waals surface area contributed by atoms with Crippen molar-refractivity contribution in [3.8, 4) is 0 Å². The predicted octanol–water partition coefficient (Wildman–Crippen LogP) is 1.10. The Labute approximate surface area is 122 Å². The Morgan fingerprint density at radius 2 is 2.40 bits per heavy atom. The Hall–Kier alpha value is -1.40. The van der Waals surface area contributed by atoms with Crippen LogP contribution in [-0.2, 0) is 4.79 Å². The maximum Gasteiger partial charge on any atom is 0.261 e. The highest BCUT2D eigenvalue weighted by atomic mass is 32.1. The molecule has 1 aliphatic heterocycles. The highest BCUT2D eigenvalue weighted by Gasteiger charge is 2.26. The summed E-state index contributed by atoms with van der Waals surface area (Å²) in [4.78, 5) is 26.2. The minimum atomic E-state index is -0.397. The molecule has 2 amide bonds. The van der Waals surface area contributed by atoms with Crippen LogP contribution in [0.2, 0.25) is 0 Å². The molecule has 0 spiro atoms. The van der Waals surface area contributed by atoms with E-state index >= 15 is 0 Å². The highest BCUT2D eigenvalue weighted by Crippen LogP contribution is 2.19. The number of thiophene rings is 1. The lowest BCUT2D eigenvalue weighted by molar-refractivity contribution is -0.132. The van der Waals surface area contributed by atoms with Crippen LogP contribution in [0.3, 0.4) is 0 Å². The fraction of sp³-hybridized carbons (Fsp3) is 0.571. The van der Waals surface area contributed by atoms with Gasteiger partial charge in [0.1, 0.15) is 0 Å². The summed E-state index contributed by atoms with van der Waals surface area (Å²) in [5.74, 6) is -0.154. The fourth-order valence-electron chi connectivity index (χ4n) is 2.39. The Kier molecular flexibility index (Phi) is 5.14. The molecule has 2 unspecified atom stereocenters. The van der Waals surface area contributed by atoms with Crippen LogP contribution in [0.5, 0.6) is 0 Å². The standard InChI is InChI=1S/C14H20N2O3S/c1-10(17)11-4-2-6-16(9-11)13(18)8-15-14(19)12-5-3-7-20-12/h3,5,7,10-11,17H,2,4,6,8-9H2,1H3,(H,15,19). The largest absolute Gasteiger partial charge is 0.393 e. The minimum Gasteiger partial charge on any atom is -0.393 e. The summed E-state index contributed by atoms with van der Waals surface area (Å²) in [5, 5.41) is 14.1. The summed E-state index contributed by atoms with van der Waals surface area (Å²) in [5.41, 5.74) is 0. The van der Waals surface area contributed by atoms with Crippen LogP contribution in [0.1, 0.15) is 29.4 Å². The maximum atomic E-state index is 12.1. The van der Waals surface area contributed by atoms with E-state index in [-0.39, 0.29) is 24.3 Å². The van der Waals surface area contributed by atoms with Crippen molar-refractivity contribution >= 4 is 23.2 Å². The quantitative estimate of drug-likeness (QED) is 0.874. The second-order valence-corrected chi connectivity index (χ2v) is 6.09.